The van der Waals surface area contributed by atoms with Crippen LogP contribution >= 0.6 is 0 Å². The average molecular weight is 968 g/mol. The summed E-state index contributed by atoms with van der Waals surface area (Å²) in [6.07, 6.45) is 0.531. The molecule has 6 heteroatoms. The molecule has 0 fully saturated rings. The number of imidazole rings is 1. The molecule has 1 radical (unpaired) electrons. The van der Waals surface area contributed by atoms with Gasteiger partial charge in [-0.1, -0.05) is 150 Å². The fraction of sp³-hybridized carbons (Fsp3) is 0.208. The van der Waals surface area contributed by atoms with Crippen molar-refractivity contribution in [2.45, 2.75) is 66.0 Å². The van der Waals surface area contributed by atoms with Gasteiger partial charge < -0.3 is 14.0 Å². The Morgan fingerprint density at radius 1 is 0.763 bits per heavy atom. The maximum atomic E-state index is 8.69. The second-order valence-electron chi connectivity index (χ2n) is 17.3. The molecule has 0 saturated carbocycles. The van der Waals surface area contributed by atoms with Gasteiger partial charge in [0.2, 0.25) is 0 Å². The Labute approximate surface area is 366 Å². The van der Waals surface area contributed by atoms with E-state index in [1.54, 1.807) is 0 Å². The maximum absolute atomic E-state index is 8.69. The summed E-state index contributed by atoms with van der Waals surface area (Å²) < 4.78 is 25.9. The number of furan rings is 1. The number of pyridine rings is 1. The van der Waals surface area contributed by atoms with Crippen LogP contribution in [-0.2, 0) is 31.9 Å². The molecule has 0 aliphatic rings. The van der Waals surface area contributed by atoms with Gasteiger partial charge in [0.05, 0.1) is 30.5 Å². The Morgan fingerprint density at radius 3 is 2.24 bits per heavy atom. The van der Waals surface area contributed by atoms with Crippen molar-refractivity contribution >= 4 is 46.2 Å². The van der Waals surface area contributed by atoms with Crippen LogP contribution in [0, 0.1) is 18.1 Å². The van der Waals surface area contributed by atoms with Crippen LogP contribution in [0.4, 0.5) is 0 Å². The van der Waals surface area contributed by atoms with E-state index in [0.717, 1.165) is 77.6 Å². The Kier molecular flexibility index (Phi) is 11.3. The molecule has 3 aromatic heterocycles. The van der Waals surface area contributed by atoms with E-state index in [4.69, 9.17) is 17.1 Å². The second-order valence-corrected chi connectivity index (χ2v) is 22.3. The summed E-state index contributed by atoms with van der Waals surface area (Å²) in [5.74, 6) is 0.716. The van der Waals surface area contributed by atoms with Gasteiger partial charge in [-0.05, 0) is 70.0 Å². The first-order valence-electron chi connectivity index (χ1n) is 21.1. The monoisotopic (exact) mass is 968 g/mol. The van der Waals surface area contributed by atoms with E-state index in [-0.39, 0.29) is 31.4 Å². The molecule has 0 unspecified atom stereocenters. The zero-order chi connectivity index (χ0) is 42.4. The number of fused-ring (bicyclic) bond motifs is 4. The minimum atomic E-state index is -1.71. The van der Waals surface area contributed by atoms with Crippen LogP contribution in [0.5, 0.6) is 0 Å². The van der Waals surface area contributed by atoms with Gasteiger partial charge in [-0.3, -0.25) is 4.98 Å². The molecule has 0 atom stereocenters. The Hall–Kier alpha value is -5.39. The molecule has 0 bridgehead atoms. The smallest absolute Gasteiger partial charge is 0.120 e. The van der Waals surface area contributed by atoms with Crippen LogP contribution in [0.2, 0.25) is 19.6 Å². The summed E-state index contributed by atoms with van der Waals surface area (Å²) >= 11 is 0. The van der Waals surface area contributed by atoms with Crippen molar-refractivity contribution < 1.29 is 27.3 Å². The van der Waals surface area contributed by atoms with Crippen molar-refractivity contribution in [1.29, 1.82) is 0 Å². The normalized spacial score (nSPS) is 12.6. The second kappa shape index (κ2) is 17.1. The Morgan fingerprint density at radius 2 is 1.47 bits per heavy atom. The van der Waals surface area contributed by atoms with E-state index < -0.39 is 14.4 Å². The van der Waals surface area contributed by atoms with Gasteiger partial charge in [0.1, 0.15) is 5.58 Å². The van der Waals surface area contributed by atoms with Gasteiger partial charge in [-0.15, -0.1) is 53.6 Å². The summed E-state index contributed by atoms with van der Waals surface area (Å²) in [5.41, 5.74) is 11.7. The van der Waals surface area contributed by atoms with Crippen molar-refractivity contribution in [2.24, 2.45) is 5.92 Å². The molecule has 6 aromatic carbocycles. The molecule has 9 rings (SSSR count). The topological polar surface area (TPSA) is 43.9 Å². The van der Waals surface area contributed by atoms with Crippen LogP contribution in [0.15, 0.2) is 150 Å². The van der Waals surface area contributed by atoms with Crippen molar-refractivity contribution in [3.05, 3.63) is 169 Å². The van der Waals surface area contributed by atoms with E-state index in [9.17, 15) is 0 Å². The van der Waals surface area contributed by atoms with Crippen LogP contribution in [0.1, 0.15) is 48.5 Å². The number of hydrogen-bond donors (Lipinski definition) is 0. The molecule has 0 aliphatic heterocycles. The Balaban J connectivity index is 0.000000189. The first-order chi connectivity index (χ1) is 28.6. The minimum Gasteiger partial charge on any atom is -0.501 e. The first kappa shape index (κ1) is 39.1. The molecule has 0 spiro atoms. The quantitative estimate of drug-likeness (QED) is 0.118. The van der Waals surface area contributed by atoms with Crippen LogP contribution in [0.3, 0.4) is 0 Å². The molecule has 0 saturated heterocycles. The van der Waals surface area contributed by atoms with Crippen LogP contribution in [0.25, 0.3) is 72.4 Å². The van der Waals surface area contributed by atoms with Crippen molar-refractivity contribution in [3.63, 3.8) is 0 Å². The molecule has 299 valence electrons. The summed E-state index contributed by atoms with van der Waals surface area (Å²) in [6, 6.07) is 54.3. The van der Waals surface area contributed by atoms with Gasteiger partial charge >= 0.3 is 0 Å². The number of para-hydroxylation sites is 3. The predicted octanol–water partition coefficient (Wildman–Crippen LogP) is 13.6. The predicted molar refractivity (Wildman–Crippen MR) is 247 cm³/mol. The van der Waals surface area contributed by atoms with Gasteiger partial charge in [0.25, 0.3) is 0 Å². The summed E-state index contributed by atoms with van der Waals surface area (Å²) in [5, 5.41) is 3.27. The third kappa shape index (κ3) is 8.82. The van der Waals surface area contributed by atoms with Crippen LogP contribution in [-0.4, -0.2) is 22.6 Å². The van der Waals surface area contributed by atoms with Crippen molar-refractivity contribution in [2.75, 3.05) is 0 Å². The molecular weight excluding hydrogens is 915 g/mol. The molecule has 59 heavy (non-hydrogen) atoms. The van der Waals surface area contributed by atoms with E-state index >= 15 is 0 Å². The van der Waals surface area contributed by atoms with Gasteiger partial charge in [0.15, 0.2) is 0 Å². The zero-order valence-corrected chi connectivity index (χ0v) is 38.4. The minimum absolute atomic E-state index is 0. The molecule has 0 amide bonds. The fourth-order valence-electron chi connectivity index (χ4n) is 7.48. The number of rotatable bonds is 7. The van der Waals surface area contributed by atoms with Crippen molar-refractivity contribution in [1.82, 2.24) is 14.5 Å². The van der Waals surface area contributed by atoms with Gasteiger partial charge in [-0.25, -0.2) is 0 Å². The largest absolute Gasteiger partial charge is 0.501 e. The number of benzene rings is 6. The fourth-order valence-corrected chi connectivity index (χ4v) is 8.88. The SMILES string of the molecule is [2H]C([2H])(c1cc(-c2[c-]ccc(C(C)(C)C)c2)ncc1[Si](C)(C)C)C(C)C.[Ir].[c-]1ccc2c(oc3ccccc32)c1-c1nc2ccccc2n1-c1cccc(-c2ccccc2)c1. The maximum Gasteiger partial charge on any atom is 0.120 e. The number of aromatic nitrogens is 3. The van der Waals surface area contributed by atoms with E-state index in [1.807, 2.05) is 68.6 Å². The van der Waals surface area contributed by atoms with E-state index in [0.29, 0.717) is 0 Å². The van der Waals surface area contributed by atoms with Crippen molar-refractivity contribution in [3.8, 4) is 39.5 Å². The summed E-state index contributed by atoms with van der Waals surface area (Å²) in [4.78, 5) is 9.76. The third-order valence-corrected chi connectivity index (χ3v) is 12.4. The Bertz CT molecular complexity index is 2980. The molecule has 3 heterocycles. The average Bonchev–Trinajstić information content (AvgIpc) is 3.83. The molecular formula is C53H51IrN3OSi-2. The number of hydrogen-bond acceptors (Lipinski definition) is 3. The standard InChI is InChI=1S/C31H19N2O.C22H32NSi.Ir/c1-2-10-21(11-3-1)22-12-8-13-23(20-22)33-28-18-6-5-17-27(28)32-31(33)26-16-9-15-25-24-14-4-7-19-29(24)34-30(25)26;1-16(2)12-18-14-20(23-15-21(18)24(6,7)8)17-10-9-11-19(13-17)22(3,4)5;/h1-15,17-20H;9,11,13-16H,12H2,1-8H3;/q2*-1;/i;12D2;. The first-order valence-corrected chi connectivity index (χ1v) is 23.6. The van der Waals surface area contributed by atoms with Crippen LogP contribution < -0.4 is 5.19 Å². The zero-order valence-electron chi connectivity index (χ0n) is 37.0. The molecule has 0 N–H and O–H groups in total. The third-order valence-electron chi connectivity index (χ3n) is 10.4. The van der Waals surface area contributed by atoms with Gasteiger partial charge in [-0.2, -0.15) is 0 Å². The van der Waals surface area contributed by atoms with E-state index in [2.05, 4.69) is 148 Å². The summed E-state index contributed by atoms with van der Waals surface area (Å²) in [6.45, 7) is 17.2. The summed E-state index contributed by atoms with van der Waals surface area (Å²) in [7, 11) is -1.71. The molecule has 9 aromatic rings. The number of nitrogens with zero attached hydrogens (tertiary/aromatic N) is 3. The molecule has 0 aliphatic carbocycles. The van der Waals surface area contributed by atoms with E-state index in [1.165, 1.54) is 11.1 Å². The molecule has 4 nitrogen and oxygen atoms in total. The van der Waals surface area contributed by atoms with Gasteiger partial charge in [0, 0.05) is 40.1 Å².